The van der Waals surface area contributed by atoms with Crippen molar-refractivity contribution < 1.29 is 27.2 Å². The summed E-state index contributed by atoms with van der Waals surface area (Å²) in [5, 5.41) is 6.63. The van der Waals surface area contributed by atoms with Gasteiger partial charge >= 0.3 is 6.18 Å². The Labute approximate surface area is 184 Å². The first-order chi connectivity index (χ1) is 14.6. The molecule has 3 N–H and O–H groups in total. The molecule has 0 aliphatic rings. The maximum Gasteiger partial charge on any atom is 0.433 e. The van der Waals surface area contributed by atoms with Crippen LogP contribution < -0.4 is 11.1 Å². The van der Waals surface area contributed by atoms with Gasteiger partial charge in [0.15, 0.2) is 0 Å². The van der Waals surface area contributed by atoms with Gasteiger partial charge in [0, 0.05) is 18.0 Å². The molecule has 4 rings (SSSR count). The van der Waals surface area contributed by atoms with Crippen LogP contribution in [-0.4, -0.2) is 26.6 Å². The number of alkyl halides is 3. The van der Waals surface area contributed by atoms with E-state index in [0.717, 1.165) is 6.07 Å². The highest BCUT2D eigenvalue weighted by molar-refractivity contribution is 9.10. The molecule has 0 spiro atoms. The number of carbonyl (C=O) groups excluding carboxylic acids is 2. The van der Waals surface area contributed by atoms with Crippen LogP contribution in [0.3, 0.4) is 0 Å². The number of hydrogen-bond donors (Lipinski definition) is 2. The van der Waals surface area contributed by atoms with E-state index in [-0.39, 0.29) is 37.8 Å². The second kappa shape index (κ2) is 7.50. The summed E-state index contributed by atoms with van der Waals surface area (Å²) < 4.78 is 47.2. The highest BCUT2D eigenvalue weighted by atomic mass is 79.9. The number of aryl methyl sites for hydroxylation is 1. The summed E-state index contributed by atoms with van der Waals surface area (Å²) in [6.45, 7) is 0. The topological polar surface area (TPSA) is 116 Å². The number of nitrogens with one attached hydrogen (secondary N) is 1. The number of amides is 2. The normalized spacial score (nSPS) is 11.8. The number of nitrogens with two attached hydrogens (primary N) is 1. The van der Waals surface area contributed by atoms with Gasteiger partial charge < -0.3 is 15.5 Å². The molecule has 13 heteroatoms. The number of anilines is 1. The van der Waals surface area contributed by atoms with Crippen molar-refractivity contribution in [3.63, 3.8) is 0 Å². The molecule has 4 heterocycles. The Morgan fingerprint density at radius 3 is 2.65 bits per heavy atom. The zero-order chi connectivity index (χ0) is 22.5. The summed E-state index contributed by atoms with van der Waals surface area (Å²) in [5.74, 6) is -1.48. The van der Waals surface area contributed by atoms with Crippen molar-refractivity contribution in [3.05, 3.63) is 51.4 Å². The molecule has 0 aromatic carbocycles. The Balaban J connectivity index is 1.99. The molecule has 8 nitrogen and oxygen atoms in total. The molecule has 0 saturated heterocycles. The van der Waals surface area contributed by atoms with Crippen molar-refractivity contribution in [2.45, 2.75) is 6.18 Å². The van der Waals surface area contributed by atoms with Crippen LogP contribution in [0.5, 0.6) is 0 Å². The lowest BCUT2D eigenvalue weighted by atomic mass is 10.1. The Bertz CT molecular complexity index is 1310. The standard InChI is InChI=1S/C18H11BrF3N5O3S/c1-27-13(8(19)6-24-27)16(29)26-12-11-7(9-3-2-4-30-9)5-10(18(20,21)22)25-17(11)31-14(12)15(23)28/h2-6H,1H3,(H2,23,28)(H,26,29). The largest absolute Gasteiger partial charge is 0.464 e. The van der Waals surface area contributed by atoms with Crippen LogP contribution in [-0.2, 0) is 13.2 Å². The van der Waals surface area contributed by atoms with Gasteiger partial charge in [-0.25, -0.2) is 4.98 Å². The lowest BCUT2D eigenvalue weighted by molar-refractivity contribution is -0.140. The van der Waals surface area contributed by atoms with Crippen LogP contribution in [0.1, 0.15) is 25.9 Å². The predicted molar refractivity (Wildman–Crippen MR) is 110 cm³/mol. The highest BCUT2D eigenvalue weighted by Crippen LogP contribution is 2.43. The minimum atomic E-state index is -4.74. The molecular formula is C18H11BrF3N5O3S. The Morgan fingerprint density at radius 2 is 2.10 bits per heavy atom. The van der Waals surface area contributed by atoms with Gasteiger partial charge in [-0.2, -0.15) is 18.3 Å². The van der Waals surface area contributed by atoms with Gasteiger partial charge in [-0.1, -0.05) is 0 Å². The van der Waals surface area contributed by atoms with E-state index in [1.54, 1.807) is 0 Å². The van der Waals surface area contributed by atoms with Gasteiger partial charge in [-0.05, 0) is 34.1 Å². The lowest BCUT2D eigenvalue weighted by Crippen LogP contribution is -2.19. The number of halogens is 4. The molecule has 0 fully saturated rings. The fraction of sp³-hybridized carbons (Fsp3) is 0.111. The Morgan fingerprint density at radius 1 is 1.35 bits per heavy atom. The zero-order valence-corrected chi connectivity index (χ0v) is 17.9. The first-order valence-electron chi connectivity index (χ1n) is 8.45. The number of rotatable bonds is 4. The van der Waals surface area contributed by atoms with Crippen molar-refractivity contribution >= 4 is 55.0 Å². The molecule has 0 aliphatic carbocycles. The van der Waals surface area contributed by atoms with Crippen LogP contribution >= 0.6 is 27.3 Å². The fourth-order valence-corrected chi connectivity index (χ4v) is 4.54. The minimum absolute atomic E-state index is 0.00504. The molecule has 160 valence electrons. The van der Waals surface area contributed by atoms with Gasteiger partial charge in [0.25, 0.3) is 11.8 Å². The van der Waals surface area contributed by atoms with E-state index >= 15 is 0 Å². The van der Waals surface area contributed by atoms with Crippen LogP contribution in [0.15, 0.2) is 39.5 Å². The summed E-state index contributed by atoms with van der Waals surface area (Å²) in [6, 6.07) is 3.76. The predicted octanol–water partition coefficient (Wildman–Crippen LogP) is 4.42. The number of fused-ring (bicyclic) bond motifs is 1. The lowest BCUT2D eigenvalue weighted by Gasteiger charge is -2.11. The van der Waals surface area contributed by atoms with E-state index in [2.05, 4.69) is 31.3 Å². The average molecular weight is 514 g/mol. The van der Waals surface area contributed by atoms with Crippen LogP contribution in [0.2, 0.25) is 0 Å². The highest BCUT2D eigenvalue weighted by Gasteiger charge is 2.35. The molecular weight excluding hydrogens is 503 g/mol. The second-order valence-corrected chi connectivity index (χ2v) is 8.15. The van der Waals surface area contributed by atoms with E-state index in [1.807, 2.05) is 0 Å². The maximum absolute atomic E-state index is 13.4. The Kier molecular flexibility index (Phi) is 5.09. The van der Waals surface area contributed by atoms with Gasteiger partial charge in [-0.3, -0.25) is 14.3 Å². The molecule has 0 saturated carbocycles. The number of carbonyl (C=O) groups is 2. The van der Waals surface area contributed by atoms with Crippen LogP contribution in [0, 0.1) is 0 Å². The Hall–Kier alpha value is -3.19. The average Bonchev–Trinajstić information content (AvgIpc) is 3.40. The van der Waals surface area contributed by atoms with Crippen molar-refractivity contribution in [1.82, 2.24) is 14.8 Å². The van der Waals surface area contributed by atoms with Gasteiger partial charge in [0.1, 0.15) is 26.9 Å². The zero-order valence-electron chi connectivity index (χ0n) is 15.5. The van der Waals surface area contributed by atoms with E-state index in [9.17, 15) is 22.8 Å². The first kappa shape index (κ1) is 21.1. The maximum atomic E-state index is 13.4. The summed E-state index contributed by atoms with van der Waals surface area (Å²) >= 11 is 3.86. The number of nitrogens with zero attached hydrogens (tertiary/aromatic N) is 3. The number of pyridine rings is 1. The van der Waals surface area contributed by atoms with Crippen molar-refractivity contribution in [2.75, 3.05) is 5.32 Å². The second-order valence-electron chi connectivity index (χ2n) is 6.30. The van der Waals surface area contributed by atoms with Crippen molar-refractivity contribution in [2.24, 2.45) is 12.8 Å². The van der Waals surface area contributed by atoms with Gasteiger partial charge in [-0.15, -0.1) is 11.3 Å². The molecule has 0 bridgehead atoms. The summed E-state index contributed by atoms with van der Waals surface area (Å²) in [6.07, 6.45) is -2.04. The molecule has 2 amide bonds. The number of thiophene rings is 1. The fourth-order valence-electron chi connectivity index (χ4n) is 3.00. The number of furan rings is 1. The summed E-state index contributed by atoms with van der Waals surface area (Å²) in [4.78, 5) is 28.3. The molecule has 31 heavy (non-hydrogen) atoms. The molecule has 0 radical (unpaired) electrons. The molecule has 4 aromatic heterocycles. The third kappa shape index (κ3) is 3.70. The van der Waals surface area contributed by atoms with Crippen molar-refractivity contribution in [3.8, 4) is 11.3 Å². The van der Waals surface area contributed by atoms with E-state index in [1.165, 1.54) is 36.3 Å². The number of primary amides is 1. The molecule has 0 atom stereocenters. The van der Waals surface area contributed by atoms with E-state index in [4.69, 9.17) is 10.2 Å². The van der Waals surface area contributed by atoms with Gasteiger partial charge in [0.2, 0.25) is 0 Å². The third-order valence-corrected chi connectivity index (χ3v) is 5.99. The van der Waals surface area contributed by atoms with E-state index < -0.39 is 23.7 Å². The quantitative estimate of drug-likeness (QED) is 0.418. The smallest absolute Gasteiger partial charge is 0.433 e. The monoisotopic (exact) mass is 513 g/mol. The SMILES string of the molecule is Cn1ncc(Br)c1C(=O)Nc1c(C(N)=O)sc2nc(C(F)(F)F)cc(-c3ccco3)c12. The van der Waals surface area contributed by atoms with Crippen LogP contribution in [0.4, 0.5) is 18.9 Å². The number of aromatic nitrogens is 3. The molecule has 4 aromatic rings. The van der Waals surface area contributed by atoms with Crippen LogP contribution in [0.25, 0.3) is 21.5 Å². The first-order valence-corrected chi connectivity index (χ1v) is 10.1. The van der Waals surface area contributed by atoms with Gasteiger partial charge in [0.05, 0.1) is 22.6 Å². The van der Waals surface area contributed by atoms with E-state index in [0.29, 0.717) is 15.8 Å². The minimum Gasteiger partial charge on any atom is -0.464 e. The molecule has 0 unspecified atom stereocenters. The third-order valence-electron chi connectivity index (χ3n) is 4.31. The summed E-state index contributed by atoms with van der Waals surface area (Å²) in [5.41, 5.74) is 4.36. The summed E-state index contributed by atoms with van der Waals surface area (Å²) in [7, 11) is 1.53. The number of hydrogen-bond acceptors (Lipinski definition) is 6. The van der Waals surface area contributed by atoms with Crippen molar-refractivity contribution in [1.29, 1.82) is 0 Å². The molecule has 0 aliphatic heterocycles.